The Morgan fingerprint density at radius 3 is 1.52 bits per heavy atom. The average molecular weight is 924 g/mol. The number of rotatable bonds is 7. The predicted molar refractivity (Wildman–Crippen MR) is 299 cm³/mol. The molecule has 0 radical (unpaired) electrons. The topological polar surface area (TPSA) is 9.86 Å². The van der Waals surface area contributed by atoms with Crippen molar-refractivity contribution in [2.24, 2.45) is 0 Å². The molecule has 0 saturated carbocycles. The maximum Gasteiger partial charge on any atom is 0.179 e. The molecule has 0 saturated heterocycles. The number of nitrogens with zero attached hydrogens (tertiary/aromatic N) is 2. The summed E-state index contributed by atoms with van der Waals surface area (Å²) in [5, 5.41) is 9.57. The van der Waals surface area contributed by atoms with Crippen LogP contribution in [0.15, 0.2) is 267 Å². The van der Waals surface area contributed by atoms with E-state index in [0.717, 1.165) is 27.6 Å². The predicted octanol–water partition coefficient (Wildman–Crippen LogP) is 13.9. The van der Waals surface area contributed by atoms with Gasteiger partial charge in [0.1, 0.15) is 0 Å². The quantitative estimate of drug-likeness (QED) is 0.111. The summed E-state index contributed by atoms with van der Waals surface area (Å²) in [5.41, 5.74) is 15.6. The standard InChI is InChI=1S/C68H46N2Si/c1-4-21-45(22-5-1)46-23-18-28-50(43-46)71(48-24-6-2-7-25-48,49-26-8-3-9-27-49)64-40-20-35-57-65-54-32-10-11-33-55(54)68(67(57)64)66-56(65)34-19-39-63(66)70-61-38-17-14-31-53(61)58-44-47(41-42-62(58)70)69-59-36-15-12-29-51(59)52-30-13-16-37-60(52)69/h1-44,65,68H/i1D,4D,5D,21D,22D. The van der Waals surface area contributed by atoms with E-state index in [9.17, 15) is 0 Å². The number of fused-ring (bicyclic) bond motifs is 6. The molecular weight excluding hydrogens is 873 g/mol. The zero-order chi connectivity index (χ0) is 51.0. The van der Waals surface area contributed by atoms with E-state index in [-0.39, 0.29) is 41.6 Å². The van der Waals surface area contributed by atoms with Gasteiger partial charge in [-0.3, -0.25) is 0 Å². The molecule has 2 bridgehead atoms. The van der Waals surface area contributed by atoms with Gasteiger partial charge < -0.3 is 9.13 Å². The van der Waals surface area contributed by atoms with Crippen LogP contribution in [0.4, 0.5) is 0 Å². The third-order valence-corrected chi connectivity index (χ3v) is 20.5. The first kappa shape index (κ1) is 35.4. The fourth-order valence-corrected chi connectivity index (χ4v) is 18.1. The van der Waals surface area contributed by atoms with Crippen molar-refractivity contribution >= 4 is 72.4 Å². The molecule has 0 N–H and O–H groups in total. The van der Waals surface area contributed by atoms with Crippen LogP contribution >= 0.6 is 0 Å². The highest BCUT2D eigenvalue weighted by Gasteiger charge is 2.50. The SMILES string of the molecule is [2H]c1c([2H])c([2H])c(-c2cccc([Si](c3ccccc3)(c3ccccc3)c3cccc4c3C3c5ccccc5C4c4cccc(-n5c6ccccc6c6cc(-n7c8ccccc8c8ccccc87)ccc65)c43)c2)c([2H])c1[2H]. The van der Waals surface area contributed by atoms with Crippen LogP contribution in [-0.2, 0) is 0 Å². The van der Waals surface area contributed by atoms with Gasteiger partial charge in [0, 0.05) is 39.1 Å². The van der Waals surface area contributed by atoms with Gasteiger partial charge in [-0.15, -0.1) is 0 Å². The summed E-state index contributed by atoms with van der Waals surface area (Å²) >= 11 is 0. The highest BCUT2D eigenvalue weighted by atomic mass is 28.3. The highest BCUT2D eigenvalue weighted by molar-refractivity contribution is 7.20. The Morgan fingerprint density at radius 1 is 0.338 bits per heavy atom. The summed E-state index contributed by atoms with van der Waals surface area (Å²) in [6.45, 7) is 0. The van der Waals surface area contributed by atoms with Crippen LogP contribution in [0, 0.1) is 0 Å². The molecule has 2 aromatic heterocycles. The molecule has 13 aromatic rings. The monoisotopic (exact) mass is 923 g/mol. The lowest BCUT2D eigenvalue weighted by Crippen LogP contribution is -2.75. The molecule has 2 heterocycles. The summed E-state index contributed by atoms with van der Waals surface area (Å²) in [4.78, 5) is 0. The summed E-state index contributed by atoms with van der Waals surface area (Å²) in [6.07, 6.45) is 0. The molecule has 0 aliphatic heterocycles. The van der Waals surface area contributed by atoms with Crippen LogP contribution < -0.4 is 20.7 Å². The Morgan fingerprint density at radius 2 is 0.845 bits per heavy atom. The summed E-state index contributed by atoms with van der Waals surface area (Å²) in [7, 11) is -3.40. The van der Waals surface area contributed by atoms with E-state index < -0.39 is 14.1 Å². The molecule has 0 fully saturated rings. The molecule has 3 heteroatoms. The second-order valence-electron chi connectivity index (χ2n) is 19.1. The number of hydrogen-bond donors (Lipinski definition) is 0. The minimum atomic E-state index is -3.40. The van der Waals surface area contributed by atoms with Crippen LogP contribution in [0.2, 0.25) is 0 Å². The van der Waals surface area contributed by atoms with Crippen molar-refractivity contribution in [3.8, 4) is 22.5 Å². The van der Waals surface area contributed by atoms with Crippen molar-refractivity contribution in [1.29, 1.82) is 0 Å². The van der Waals surface area contributed by atoms with E-state index in [1.807, 2.05) is 12.1 Å². The van der Waals surface area contributed by atoms with E-state index in [2.05, 4.69) is 234 Å². The molecule has 71 heavy (non-hydrogen) atoms. The van der Waals surface area contributed by atoms with Crippen LogP contribution in [-0.4, -0.2) is 17.2 Å². The van der Waals surface area contributed by atoms with E-state index in [0.29, 0.717) is 5.56 Å². The molecule has 0 spiro atoms. The van der Waals surface area contributed by atoms with Crippen molar-refractivity contribution in [1.82, 2.24) is 9.13 Å². The smallest absolute Gasteiger partial charge is 0.179 e. The van der Waals surface area contributed by atoms with E-state index in [4.69, 9.17) is 6.85 Å². The van der Waals surface area contributed by atoms with Gasteiger partial charge in [0.2, 0.25) is 0 Å². The van der Waals surface area contributed by atoms with Gasteiger partial charge in [-0.2, -0.15) is 0 Å². The van der Waals surface area contributed by atoms with Crippen LogP contribution in [0.25, 0.3) is 66.1 Å². The van der Waals surface area contributed by atoms with Gasteiger partial charge in [-0.05, 0) is 108 Å². The molecule has 2 unspecified atom stereocenters. The first-order chi connectivity index (χ1) is 37.3. The van der Waals surface area contributed by atoms with Gasteiger partial charge >= 0.3 is 0 Å². The normalized spacial score (nSPS) is 15.7. The average Bonchev–Trinajstić information content (AvgIpc) is 4.12. The van der Waals surface area contributed by atoms with E-state index >= 15 is 0 Å². The molecule has 332 valence electrons. The van der Waals surface area contributed by atoms with Gasteiger partial charge in [0.15, 0.2) is 8.07 Å². The number of benzene rings is 11. The van der Waals surface area contributed by atoms with Crippen LogP contribution in [0.1, 0.15) is 52.1 Å². The molecule has 16 rings (SSSR count). The minimum absolute atomic E-state index is 0.0447. The van der Waals surface area contributed by atoms with Gasteiger partial charge in [-0.1, -0.05) is 224 Å². The van der Waals surface area contributed by atoms with Gasteiger partial charge in [0.25, 0.3) is 0 Å². The number of hydrogen-bond acceptors (Lipinski definition) is 0. The first-order valence-electron chi connectivity index (χ1n) is 27.0. The zero-order valence-electron chi connectivity index (χ0n) is 43.6. The van der Waals surface area contributed by atoms with E-state index in [1.54, 1.807) is 0 Å². The Labute approximate surface area is 421 Å². The fourth-order valence-electron chi connectivity index (χ4n) is 13.0. The lowest BCUT2D eigenvalue weighted by atomic mass is 9.60. The Kier molecular flexibility index (Phi) is 7.78. The molecule has 3 aliphatic carbocycles. The maximum atomic E-state index is 9.13. The Balaban J connectivity index is 1.01. The zero-order valence-corrected chi connectivity index (χ0v) is 39.6. The molecular formula is C68H46N2Si. The number of para-hydroxylation sites is 3. The van der Waals surface area contributed by atoms with Crippen molar-refractivity contribution in [3.05, 3.63) is 300 Å². The Hall–Kier alpha value is -8.76. The van der Waals surface area contributed by atoms with Crippen molar-refractivity contribution in [2.45, 2.75) is 11.8 Å². The Bertz CT molecular complexity index is 4440. The second-order valence-corrected chi connectivity index (χ2v) is 22.8. The van der Waals surface area contributed by atoms with Crippen LogP contribution in [0.3, 0.4) is 0 Å². The van der Waals surface area contributed by atoms with E-state index in [1.165, 1.54) is 81.5 Å². The first-order valence-corrected chi connectivity index (χ1v) is 26.5. The van der Waals surface area contributed by atoms with Gasteiger partial charge in [0.05, 0.1) is 34.6 Å². The minimum Gasteiger partial charge on any atom is -0.309 e. The summed E-state index contributed by atoms with van der Waals surface area (Å²) < 4.78 is 49.0. The van der Waals surface area contributed by atoms with Crippen molar-refractivity contribution in [2.75, 3.05) is 0 Å². The molecule has 11 aromatic carbocycles. The molecule has 2 atom stereocenters. The van der Waals surface area contributed by atoms with Crippen LogP contribution in [0.5, 0.6) is 0 Å². The molecule has 2 nitrogen and oxygen atoms in total. The maximum absolute atomic E-state index is 9.13. The van der Waals surface area contributed by atoms with Crippen molar-refractivity contribution < 1.29 is 6.85 Å². The highest BCUT2D eigenvalue weighted by Crippen LogP contribution is 2.57. The van der Waals surface area contributed by atoms with Gasteiger partial charge in [-0.25, -0.2) is 0 Å². The second kappa shape index (κ2) is 15.6. The lowest BCUT2D eigenvalue weighted by molar-refractivity contribution is 0.752. The molecule has 3 aliphatic rings. The third-order valence-electron chi connectivity index (χ3n) is 15.7. The summed E-state index contributed by atoms with van der Waals surface area (Å²) in [5.74, 6) is -0.202. The third kappa shape index (κ3) is 5.70. The number of aromatic nitrogens is 2. The lowest BCUT2D eigenvalue weighted by Gasteiger charge is -2.47. The molecule has 0 amide bonds. The van der Waals surface area contributed by atoms with Crippen molar-refractivity contribution in [3.63, 3.8) is 0 Å². The summed E-state index contributed by atoms with van der Waals surface area (Å²) in [6, 6.07) is 84.8. The fraction of sp³-hybridized carbons (Fsp3) is 0.0294. The largest absolute Gasteiger partial charge is 0.309 e.